The second-order valence-corrected chi connectivity index (χ2v) is 7.33. The zero-order valence-corrected chi connectivity index (χ0v) is 17.1. The van der Waals surface area contributed by atoms with Gasteiger partial charge in [0.05, 0.1) is 32.8 Å². The zero-order valence-electron chi connectivity index (χ0n) is 16.3. The third-order valence-corrected chi connectivity index (χ3v) is 5.70. The number of amidine groups is 1. The number of carbonyl (C=O) groups is 1. The molecule has 1 fully saturated rings. The van der Waals surface area contributed by atoms with E-state index in [-0.39, 0.29) is 12.5 Å². The monoisotopic (exact) mass is 407 g/mol. The predicted octanol–water partition coefficient (Wildman–Crippen LogP) is 1.29. The molecular formula is C19H25N3O5S. The molecule has 1 aromatic carbocycles. The van der Waals surface area contributed by atoms with Crippen LogP contribution in [-0.2, 0) is 4.79 Å². The Balaban J connectivity index is 1.74. The first kappa shape index (κ1) is 20.5. The van der Waals surface area contributed by atoms with Gasteiger partial charge in [-0.3, -0.25) is 9.69 Å². The number of hydrogen-bond acceptors (Lipinski definition) is 8. The predicted molar refractivity (Wildman–Crippen MR) is 109 cm³/mol. The Kier molecular flexibility index (Phi) is 6.82. The number of thioether (sulfide) groups is 1. The number of benzene rings is 1. The van der Waals surface area contributed by atoms with Crippen molar-refractivity contribution in [3.05, 3.63) is 22.6 Å². The summed E-state index contributed by atoms with van der Waals surface area (Å²) in [7, 11) is 4.66. The Morgan fingerprint density at radius 2 is 1.75 bits per heavy atom. The number of aliphatic imine (C=N–C) groups is 1. The molecular weight excluding hydrogens is 382 g/mol. The smallest absolute Gasteiger partial charge is 0.286 e. The molecule has 152 valence electrons. The zero-order chi connectivity index (χ0) is 20.1. The largest absolute Gasteiger partial charge is 0.493 e. The van der Waals surface area contributed by atoms with Crippen molar-refractivity contribution in [2.45, 2.75) is 0 Å². The van der Waals surface area contributed by atoms with Gasteiger partial charge in [-0.25, -0.2) is 0 Å². The van der Waals surface area contributed by atoms with Crippen LogP contribution in [0.2, 0.25) is 0 Å². The van der Waals surface area contributed by atoms with Crippen LogP contribution in [0.1, 0.15) is 5.56 Å². The highest BCUT2D eigenvalue weighted by Gasteiger charge is 2.28. The number of carbonyl (C=O) groups excluding carboxylic acids is 1. The summed E-state index contributed by atoms with van der Waals surface area (Å²) in [5.41, 5.74) is 0.773. The second kappa shape index (κ2) is 9.31. The first-order valence-electron chi connectivity index (χ1n) is 9.00. The quantitative estimate of drug-likeness (QED) is 0.707. The van der Waals surface area contributed by atoms with E-state index in [1.165, 1.54) is 11.8 Å². The number of β-amino-alcohol motifs (C(OH)–C–C–N with tert-alkyl or cyclic N) is 1. The highest BCUT2D eigenvalue weighted by molar-refractivity contribution is 8.18. The summed E-state index contributed by atoms with van der Waals surface area (Å²) >= 11 is 1.38. The number of aliphatic hydroxyl groups is 1. The van der Waals surface area contributed by atoms with E-state index < -0.39 is 0 Å². The average molecular weight is 407 g/mol. The lowest BCUT2D eigenvalue weighted by Gasteiger charge is -2.34. The number of methoxy groups -OCH3 is 3. The van der Waals surface area contributed by atoms with E-state index >= 15 is 0 Å². The third-order valence-electron chi connectivity index (χ3n) is 4.65. The fourth-order valence-corrected chi connectivity index (χ4v) is 4.14. The molecule has 0 radical (unpaired) electrons. The van der Waals surface area contributed by atoms with Crippen LogP contribution in [0.5, 0.6) is 17.2 Å². The van der Waals surface area contributed by atoms with Gasteiger partial charge in [-0.1, -0.05) is 0 Å². The van der Waals surface area contributed by atoms with Crippen LogP contribution in [0, 0.1) is 0 Å². The molecule has 1 saturated heterocycles. The van der Waals surface area contributed by atoms with Crippen molar-refractivity contribution in [2.24, 2.45) is 4.99 Å². The van der Waals surface area contributed by atoms with Gasteiger partial charge in [-0.05, 0) is 35.5 Å². The molecule has 0 spiro atoms. The Morgan fingerprint density at radius 1 is 1.11 bits per heavy atom. The van der Waals surface area contributed by atoms with Crippen molar-refractivity contribution >= 4 is 28.9 Å². The molecule has 0 atom stereocenters. The maximum atomic E-state index is 12.4. The lowest BCUT2D eigenvalue weighted by atomic mass is 10.1. The van der Waals surface area contributed by atoms with Gasteiger partial charge < -0.3 is 24.2 Å². The number of piperazine rings is 1. The molecule has 2 aliphatic rings. The molecule has 9 heteroatoms. The van der Waals surface area contributed by atoms with E-state index in [0.717, 1.165) is 36.9 Å². The van der Waals surface area contributed by atoms with Crippen molar-refractivity contribution in [1.29, 1.82) is 0 Å². The van der Waals surface area contributed by atoms with Gasteiger partial charge in [-0.15, -0.1) is 0 Å². The number of rotatable bonds is 6. The topological polar surface area (TPSA) is 83.8 Å². The fourth-order valence-electron chi connectivity index (χ4n) is 3.17. The first-order valence-corrected chi connectivity index (χ1v) is 9.82. The molecule has 0 saturated carbocycles. The molecule has 3 rings (SSSR count). The van der Waals surface area contributed by atoms with E-state index in [1.54, 1.807) is 39.5 Å². The molecule has 0 aromatic heterocycles. The lowest BCUT2D eigenvalue weighted by Crippen LogP contribution is -2.48. The number of aliphatic hydroxyl groups excluding tert-OH is 1. The Morgan fingerprint density at radius 3 is 2.29 bits per heavy atom. The molecule has 2 aliphatic heterocycles. The summed E-state index contributed by atoms with van der Waals surface area (Å²) in [4.78, 5) is 21.5. The van der Waals surface area contributed by atoms with Gasteiger partial charge in [0.2, 0.25) is 5.75 Å². The molecule has 2 heterocycles. The molecule has 1 N–H and O–H groups in total. The second-order valence-electron chi connectivity index (χ2n) is 6.32. The van der Waals surface area contributed by atoms with Gasteiger partial charge in [0.25, 0.3) is 5.91 Å². The average Bonchev–Trinajstić information content (AvgIpc) is 3.08. The molecule has 1 amide bonds. The molecule has 0 aliphatic carbocycles. The Labute approximate surface area is 168 Å². The van der Waals surface area contributed by atoms with Crippen molar-refractivity contribution < 1.29 is 24.1 Å². The van der Waals surface area contributed by atoms with E-state index in [9.17, 15) is 4.79 Å². The Hall–Kier alpha value is -2.23. The van der Waals surface area contributed by atoms with Gasteiger partial charge in [0, 0.05) is 32.7 Å². The maximum Gasteiger partial charge on any atom is 0.286 e. The molecule has 8 nitrogen and oxygen atoms in total. The van der Waals surface area contributed by atoms with E-state index in [4.69, 9.17) is 19.3 Å². The van der Waals surface area contributed by atoms with Gasteiger partial charge in [-0.2, -0.15) is 4.99 Å². The summed E-state index contributed by atoms with van der Waals surface area (Å²) in [6.07, 6.45) is 1.79. The minimum absolute atomic E-state index is 0.163. The minimum Gasteiger partial charge on any atom is -0.493 e. The number of nitrogens with zero attached hydrogens (tertiary/aromatic N) is 3. The van der Waals surface area contributed by atoms with Crippen LogP contribution in [0.15, 0.2) is 22.0 Å². The first-order chi connectivity index (χ1) is 13.6. The molecule has 0 unspecified atom stereocenters. The normalized spacial score (nSPS) is 19.1. The Bertz CT molecular complexity index is 763. The van der Waals surface area contributed by atoms with Crippen LogP contribution in [0.25, 0.3) is 6.08 Å². The van der Waals surface area contributed by atoms with Crippen molar-refractivity contribution in [2.75, 3.05) is 60.7 Å². The number of amides is 1. The number of hydrogen-bond donors (Lipinski definition) is 1. The van der Waals surface area contributed by atoms with Gasteiger partial charge in [0.15, 0.2) is 16.7 Å². The standard InChI is InChI=1S/C19H25N3O5S/c1-25-14-10-13(11-15(26-2)17(14)27-3)12-16-18(24)20-19(28-16)22-6-4-21(5-7-22)8-9-23/h10-12,23H,4-9H2,1-3H3/b16-12-. The van der Waals surface area contributed by atoms with Crippen molar-refractivity contribution in [3.63, 3.8) is 0 Å². The molecule has 1 aromatic rings. The molecule has 28 heavy (non-hydrogen) atoms. The highest BCUT2D eigenvalue weighted by Crippen LogP contribution is 2.40. The van der Waals surface area contributed by atoms with Crippen molar-refractivity contribution in [1.82, 2.24) is 9.80 Å². The molecule has 0 bridgehead atoms. The van der Waals surface area contributed by atoms with E-state index in [1.807, 2.05) is 0 Å². The van der Waals surface area contributed by atoms with Crippen LogP contribution in [-0.4, -0.2) is 86.6 Å². The van der Waals surface area contributed by atoms with E-state index in [0.29, 0.717) is 28.7 Å². The summed E-state index contributed by atoms with van der Waals surface area (Å²) in [6, 6.07) is 3.60. The van der Waals surface area contributed by atoms with Crippen molar-refractivity contribution in [3.8, 4) is 17.2 Å². The highest BCUT2D eigenvalue weighted by atomic mass is 32.2. The summed E-state index contributed by atoms with van der Waals surface area (Å²) in [6.45, 7) is 4.11. The van der Waals surface area contributed by atoms with Gasteiger partial charge >= 0.3 is 0 Å². The van der Waals surface area contributed by atoms with E-state index in [2.05, 4.69) is 14.8 Å². The summed E-state index contributed by atoms with van der Waals surface area (Å²) in [5.74, 6) is 1.33. The summed E-state index contributed by atoms with van der Waals surface area (Å²) < 4.78 is 16.1. The van der Waals surface area contributed by atoms with Crippen LogP contribution in [0.3, 0.4) is 0 Å². The SMILES string of the molecule is COc1cc(/C=C2\SC(N3CCN(CCO)CC3)=NC2=O)cc(OC)c1OC. The van der Waals surface area contributed by atoms with Crippen LogP contribution < -0.4 is 14.2 Å². The summed E-state index contributed by atoms with van der Waals surface area (Å²) in [5, 5.41) is 9.78. The van der Waals surface area contributed by atoms with Crippen LogP contribution >= 0.6 is 11.8 Å². The number of ether oxygens (including phenoxy) is 3. The van der Waals surface area contributed by atoms with Crippen LogP contribution in [0.4, 0.5) is 0 Å². The minimum atomic E-state index is -0.244. The lowest BCUT2D eigenvalue weighted by molar-refractivity contribution is -0.113. The fraction of sp³-hybridized carbons (Fsp3) is 0.474. The third kappa shape index (κ3) is 4.43. The van der Waals surface area contributed by atoms with Gasteiger partial charge in [0.1, 0.15) is 0 Å². The maximum absolute atomic E-state index is 12.4.